The summed E-state index contributed by atoms with van der Waals surface area (Å²) in [6, 6.07) is 5.05. The van der Waals surface area contributed by atoms with Crippen LogP contribution in [0.15, 0.2) is 18.2 Å². The van der Waals surface area contributed by atoms with Gasteiger partial charge in [0.15, 0.2) is 0 Å². The summed E-state index contributed by atoms with van der Waals surface area (Å²) < 4.78 is 9.81. The van der Waals surface area contributed by atoms with Gasteiger partial charge < -0.3 is 25.2 Å². The molecular weight excluding hydrogens is 248 g/mol. The number of hydrogen-bond donors (Lipinski definition) is 3. The normalized spacial score (nSPS) is 10.2. The van der Waals surface area contributed by atoms with Crippen molar-refractivity contribution in [3.63, 3.8) is 0 Å². The highest BCUT2D eigenvalue weighted by atomic mass is 16.5. The molecule has 1 amide bonds. The fourth-order valence-electron chi connectivity index (χ4n) is 1.49. The Hall–Kier alpha value is -1.79. The van der Waals surface area contributed by atoms with Crippen LogP contribution in [0.5, 0.6) is 11.5 Å². The van der Waals surface area contributed by atoms with Gasteiger partial charge in [-0.05, 0) is 6.07 Å². The summed E-state index contributed by atoms with van der Waals surface area (Å²) in [7, 11) is 3.12. The Morgan fingerprint density at radius 2 is 2.16 bits per heavy atom. The largest absolute Gasteiger partial charge is 0.507 e. The maximum absolute atomic E-state index is 11.4. The number of ether oxygens (including phenoxy) is 2. The molecule has 0 aliphatic rings. The first-order valence-electron chi connectivity index (χ1n) is 5.99. The number of hydrogen-bond acceptors (Lipinski definition) is 5. The lowest BCUT2D eigenvalue weighted by Crippen LogP contribution is -2.35. The van der Waals surface area contributed by atoms with Crippen LogP contribution in [-0.2, 0) is 16.1 Å². The molecule has 19 heavy (non-hydrogen) atoms. The predicted octanol–water partition coefficient (Wildman–Crippen LogP) is 0.253. The summed E-state index contributed by atoms with van der Waals surface area (Å²) in [4.78, 5) is 11.4. The molecular formula is C13H20N2O4. The Bertz CT molecular complexity index is 410. The Balaban J connectivity index is 2.31. The lowest BCUT2D eigenvalue weighted by atomic mass is 10.2. The number of nitrogens with one attached hydrogen (secondary N) is 2. The molecule has 0 heterocycles. The van der Waals surface area contributed by atoms with Crippen molar-refractivity contribution in [3.8, 4) is 11.5 Å². The van der Waals surface area contributed by atoms with Gasteiger partial charge in [-0.1, -0.05) is 6.07 Å². The molecule has 1 aromatic carbocycles. The van der Waals surface area contributed by atoms with Crippen LogP contribution in [-0.4, -0.2) is 44.9 Å². The standard InChI is InChI=1S/C13H20N2O4/c1-18-6-5-15-13(17)9-14-8-10-3-4-11(19-2)7-12(10)16/h3-4,7,14,16H,5-6,8-9H2,1-2H3,(H,15,17). The zero-order valence-electron chi connectivity index (χ0n) is 11.2. The van der Waals surface area contributed by atoms with Crippen molar-refractivity contribution in [3.05, 3.63) is 23.8 Å². The molecule has 3 N–H and O–H groups in total. The molecule has 0 spiro atoms. The van der Waals surface area contributed by atoms with E-state index in [0.717, 1.165) is 0 Å². The van der Waals surface area contributed by atoms with Gasteiger partial charge >= 0.3 is 0 Å². The molecule has 0 bridgehead atoms. The molecule has 106 valence electrons. The fourth-order valence-corrected chi connectivity index (χ4v) is 1.49. The Labute approximate surface area is 112 Å². The van der Waals surface area contributed by atoms with Gasteiger partial charge in [0.2, 0.25) is 5.91 Å². The topological polar surface area (TPSA) is 79.8 Å². The van der Waals surface area contributed by atoms with Gasteiger partial charge in [-0.15, -0.1) is 0 Å². The van der Waals surface area contributed by atoms with Gasteiger partial charge in [0.25, 0.3) is 0 Å². The van der Waals surface area contributed by atoms with E-state index in [1.165, 1.54) is 13.2 Å². The minimum absolute atomic E-state index is 0.106. The summed E-state index contributed by atoms with van der Waals surface area (Å²) in [5, 5.41) is 15.4. The molecule has 0 aliphatic carbocycles. The van der Waals surface area contributed by atoms with Crippen molar-refractivity contribution >= 4 is 5.91 Å². The highest BCUT2D eigenvalue weighted by Gasteiger charge is 2.04. The number of carbonyl (C=O) groups excluding carboxylic acids is 1. The predicted molar refractivity (Wildman–Crippen MR) is 71.3 cm³/mol. The molecule has 0 aromatic heterocycles. The highest BCUT2D eigenvalue weighted by Crippen LogP contribution is 2.22. The van der Waals surface area contributed by atoms with E-state index in [4.69, 9.17) is 9.47 Å². The molecule has 6 nitrogen and oxygen atoms in total. The van der Waals surface area contributed by atoms with E-state index in [1.807, 2.05) is 0 Å². The van der Waals surface area contributed by atoms with Crippen molar-refractivity contribution < 1.29 is 19.4 Å². The average molecular weight is 268 g/mol. The number of methoxy groups -OCH3 is 2. The van der Waals surface area contributed by atoms with E-state index in [9.17, 15) is 9.90 Å². The van der Waals surface area contributed by atoms with Crippen molar-refractivity contribution in [2.75, 3.05) is 33.9 Å². The SMILES string of the molecule is COCCNC(=O)CNCc1ccc(OC)cc1O. The molecule has 0 aliphatic heterocycles. The first-order valence-corrected chi connectivity index (χ1v) is 5.99. The summed E-state index contributed by atoms with van der Waals surface area (Å²) >= 11 is 0. The molecule has 0 saturated heterocycles. The van der Waals surface area contributed by atoms with Crippen LogP contribution in [0.25, 0.3) is 0 Å². The van der Waals surface area contributed by atoms with E-state index in [1.54, 1.807) is 19.2 Å². The number of benzene rings is 1. The van der Waals surface area contributed by atoms with Crippen LogP contribution < -0.4 is 15.4 Å². The first kappa shape index (κ1) is 15.3. The fraction of sp³-hybridized carbons (Fsp3) is 0.462. The van der Waals surface area contributed by atoms with Gasteiger partial charge in [0, 0.05) is 31.8 Å². The number of phenols is 1. The van der Waals surface area contributed by atoms with E-state index < -0.39 is 0 Å². The molecule has 0 saturated carbocycles. The maximum Gasteiger partial charge on any atom is 0.234 e. The van der Waals surface area contributed by atoms with Crippen LogP contribution >= 0.6 is 0 Å². The Morgan fingerprint density at radius 3 is 2.79 bits per heavy atom. The smallest absolute Gasteiger partial charge is 0.234 e. The third kappa shape index (κ3) is 5.58. The second-order valence-electron chi connectivity index (χ2n) is 3.94. The molecule has 0 atom stereocenters. The van der Waals surface area contributed by atoms with E-state index >= 15 is 0 Å². The molecule has 0 fully saturated rings. The lowest BCUT2D eigenvalue weighted by Gasteiger charge is -2.08. The lowest BCUT2D eigenvalue weighted by molar-refractivity contribution is -0.120. The van der Waals surface area contributed by atoms with Crippen molar-refractivity contribution in [2.24, 2.45) is 0 Å². The highest BCUT2D eigenvalue weighted by molar-refractivity contribution is 5.77. The van der Waals surface area contributed by atoms with Crippen molar-refractivity contribution in [1.82, 2.24) is 10.6 Å². The van der Waals surface area contributed by atoms with E-state index in [-0.39, 0.29) is 18.2 Å². The third-order valence-electron chi connectivity index (χ3n) is 2.52. The Morgan fingerprint density at radius 1 is 1.37 bits per heavy atom. The minimum Gasteiger partial charge on any atom is -0.507 e. The van der Waals surface area contributed by atoms with Gasteiger partial charge in [-0.3, -0.25) is 4.79 Å². The molecule has 1 rings (SSSR count). The quantitative estimate of drug-likeness (QED) is 0.589. The summed E-state index contributed by atoms with van der Waals surface area (Å²) in [5.41, 5.74) is 0.713. The molecule has 6 heteroatoms. The number of phenolic OH excluding ortho intramolecular Hbond substituents is 1. The molecule has 0 radical (unpaired) electrons. The van der Waals surface area contributed by atoms with Gasteiger partial charge in [-0.2, -0.15) is 0 Å². The van der Waals surface area contributed by atoms with Crippen LogP contribution in [0.3, 0.4) is 0 Å². The summed E-state index contributed by atoms with van der Waals surface area (Å²) in [6.45, 7) is 1.58. The van der Waals surface area contributed by atoms with Gasteiger partial charge in [0.05, 0.1) is 20.3 Å². The Kier molecular flexibility index (Phi) is 6.70. The zero-order chi connectivity index (χ0) is 14.1. The first-order chi connectivity index (χ1) is 9.17. The van der Waals surface area contributed by atoms with Gasteiger partial charge in [0.1, 0.15) is 11.5 Å². The van der Waals surface area contributed by atoms with Crippen LogP contribution in [0, 0.1) is 0 Å². The second-order valence-corrected chi connectivity index (χ2v) is 3.94. The van der Waals surface area contributed by atoms with Crippen molar-refractivity contribution in [2.45, 2.75) is 6.54 Å². The molecule has 1 aromatic rings. The van der Waals surface area contributed by atoms with Crippen molar-refractivity contribution in [1.29, 1.82) is 0 Å². The number of aromatic hydroxyl groups is 1. The minimum atomic E-state index is -0.106. The number of carbonyl (C=O) groups is 1. The number of amides is 1. The van der Waals surface area contributed by atoms with E-state index in [2.05, 4.69) is 10.6 Å². The number of rotatable bonds is 8. The van der Waals surface area contributed by atoms with Crippen LogP contribution in [0.1, 0.15) is 5.56 Å². The van der Waals surface area contributed by atoms with E-state index in [0.29, 0.717) is 31.0 Å². The van der Waals surface area contributed by atoms with Crippen LogP contribution in [0.2, 0.25) is 0 Å². The third-order valence-corrected chi connectivity index (χ3v) is 2.52. The van der Waals surface area contributed by atoms with Gasteiger partial charge in [-0.25, -0.2) is 0 Å². The monoisotopic (exact) mass is 268 g/mol. The second kappa shape index (κ2) is 8.34. The molecule has 0 unspecified atom stereocenters. The maximum atomic E-state index is 11.4. The summed E-state index contributed by atoms with van der Waals surface area (Å²) in [6.07, 6.45) is 0. The summed E-state index contributed by atoms with van der Waals surface area (Å²) in [5.74, 6) is 0.634. The van der Waals surface area contributed by atoms with Crippen LogP contribution in [0.4, 0.5) is 0 Å². The average Bonchev–Trinajstić information content (AvgIpc) is 2.41. The zero-order valence-corrected chi connectivity index (χ0v) is 11.2.